The van der Waals surface area contributed by atoms with Gasteiger partial charge in [0, 0.05) is 37.1 Å². The Morgan fingerprint density at radius 2 is 1.39 bits per heavy atom. The Morgan fingerprint density at radius 1 is 0.857 bits per heavy atom. The second kappa shape index (κ2) is 9.55. The lowest BCUT2D eigenvalue weighted by molar-refractivity contribution is -0.127. The Labute approximate surface area is 165 Å². The second-order valence-electron chi connectivity index (χ2n) is 6.95. The summed E-state index contributed by atoms with van der Waals surface area (Å²) in [7, 11) is 3.43. The first kappa shape index (κ1) is 21.0. The van der Waals surface area contributed by atoms with Crippen LogP contribution in [0, 0.1) is 0 Å². The number of anilines is 2. The first-order valence-electron chi connectivity index (χ1n) is 9.02. The van der Waals surface area contributed by atoms with E-state index >= 15 is 0 Å². The fourth-order valence-corrected chi connectivity index (χ4v) is 2.38. The molecule has 2 aromatic carbocycles. The lowest BCUT2D eigenvalue weighted by atomic mass is 10.1. The molecule has 0 aromatic heterocycles. The number of carbonyl (C=O) groups excluding carboxylic acids is 3. The molecule has 0 saturated carbocycles. The van der Waals surface area contributed by atoms with Crippen LogP contribution in [0.3, 0.4) is 0 Å². The minimum Gasteiger partial charge on any atom is -0.349 e. The van der Waals surface area contributed by atoms with Crippen LogP contribution < -0.4 is 16.0 Å². The molecule has 0 spiro atoms. The zero-order chi connectivity index (χ0) is 20.7. The molecule has 0 fully saturated rings. The number of likely N-dealkylation sites (N-methyl/N-ethyl adjacent to an activating group) is 1. The summed E-state index contributed by atoms with van der Waals surface area (Å²) in [6, 6.07) is 13.5. The second-order valence-corrected chi connectivity index (χ2v) is 6.95. The zero-order valence-electron chi connectivity index (χ0n) is 16.6. The Balaban J connectivity index is 1.93. The van der Waals surface area contributed by atoms with Crippen LogP contribution >= 0.6 is 0 Å². The molecule has 0 heterocycles. The van der Waals surface area contributed by atoms with E-state index in [1.165, 1.54) is 0 Å². The number of nitrogens with one attached hydrogen (secondary N) is 3. The van der Waals surface area contributed by atoms with Crippen LogP contribution in [0.2, 0.25) is 0 Å². The van der Waals surface area contributed by atoms with Gasteiger partial charge in [-0.2, -0.15) is 0 Å². The van der Waals surface area contributed by atoms with Gasteiger partial charge in [0.05, 0.1) is 6.42 Å². The summed E-state index contributed by atoms with van der Waals surface area (Å²) in [6.45, 7) is 3.75. The average Bonchev–Trinajstić information content (AvgIpc) is 2.63. The zero-order valence-corrected chi connectivity index (χ0v) is 16.6. The molecule has 0 bridgehead atoms. The number of rotatable bonds is 6. The maximum Gasteiger partial charge on any atom is 0.319 e. The van der Waals surface area contributed by atoms with Crippen LogP contribution in [0.1, 0.15) is 29.8 Å². The highest BCUT2D eigenvalue weighted by Gasteiger charge is 2.09. The molecule has 3 N–H and O–H groups in total. The third-order valence-corrected chi connectivity index (χ3v) is 3.89. The van der Waals surface area contributed by atoms with Gasteiger partial charge in [0.2, 0.25) is 5.91 Å². The van der Waals surface area contributed by atoms with Gasteiger partial charge in [-0.15, -0.1) is 0 Å². The predicted molar refractivity (Wildman–Crippen MR) is 111 cm³/mol. The van der Waals surface area contributed by atoms with Crippen LogP contribution in [0.25, 0.3) is 0 Å². The van der Waals surface area contributed by atoms with Crippen LogP contribution in [0.5, 0.6) is 0 Å². The number of carbonyl (C=O) groups is 3. The van der Waals surface area contributed by atoms with Crippen molar-refractivity contribution in [2.75, 3.05) is 24.7 Å². The smallest absolute Gasteiger partial charge is 0.319 e. The van der Waals surface area contributed by atoms with Gasteiger partial charge in [-0.25, -0.2) is 4.79 Å². The molecule has 0 unspecified atom stereocenters. The molecule has 7 nitrogen and oxygen atoms in total. The third kappa shape index (κ3) is 6.42. The molecular weight excluding hydrogens is 356 g/mol. The van der Waals surface area contributed by atoms with E-state index in [4.69, 9.17) is 0 Å². The van der Waals surface area contributed by atoms with Crippen molar-refractivity contribution in [3.05, 3.63) is 59.7 Å². The molecule has 0 atom stereocenters. The Bertz CT molecular complexity index is 828. The summed E-state index contributed by atoms with van der Waals surface area (Å²) in [4.78, 5) is 37.3. The number of urea groups is 1. The predicted octanol–water partition coefficient (Wildman–Crippen LogP) is 3.10. The van der Waals surface area contributed by atoms with Crippen LogP contribution in [-0.2, 0) is 11.2 Å². The van der Waals surface area contributed by atoms with Crippen molar-refractivity contribution >= 4 is 29.2 Å². The van der Waals surface area contributed by atoms with E-state index in [-0.39, 0.29) is 23.9 Å². The van der Waals surface area contributed by atoms with Crippen molar-refractivity contribution in [1.29, 1.82) is 0 Å². The molecule has 148 valence electrons. The molecule has 0 aliphatic heterocycles. The van der Waals surface area contributed by atoms with Crippen molar-refractivity contribution < 1.29 is 14.4 Å². The first-order valence-corrected chi connectivity index (χ1v) is 9.02. The molecule has 2 aromatic rings. The fourth-order valence-electron chi connectivity index (χ4n) is 2.38. The van der Waals surface area contributed by atoms with Crippen molar-refractivity contribution in [2.24, 2.45) is 0 Å². The summed E-state index contributed by atoms with van der Waals surface area (Å²) in [6.07, 6.45) is 0.320. The molecule has 4 amide bonds. The van der Waals surface area contributed by atoms with E-state index in [1.807, 2.05) is 26.0 Å². The average molecular weight is 382 g/mol. The third-order valence-electron chi connectivity index (χ3n) is 3.89. The van der Waals surface area contributed by atoms with Gasteiger partial charge in [0.25, 0.3) is 5.91 Å². The van der Waals surface area contributed by atoms with Crippen LogP contribution in [-0.4, -0.2) is 42.9 Å². The van der Waals surface area contributed by atoms with Crippen molar-refractivity contribution in [3.8, 4) is 0 Å². The summed E-state index contributed by atoms with van der Waals surface area (Å²) in [5.41, 5.74) is 2.60. The van der Waals surface area contributed by atoms with Crippen molar-refractivity contribution in [1.82, 2.24) is 10.2 Å². The number of hydrogen-bond acceptors (Lipinski definition) is 3. The van der Waals surface area contributed by atoms with Gasteiger partial charge in [-0.05, 0) is 55.8 Å². The van der Waals surface area contributed by atoms with Crippen LogP contribution in [0.4, 0.5) is 16.2 Å². The Hall–Kier alpha value is -3.35. The number of benzene rings is 2. The van der Waals surface area contributed by atoms with Gasteiger partial charge in [0.1, 0.15) is 0 Å². The number of nitrogens with zero attached hydrogens (tertiary/aromatic N) is 1. The monoisotopic (exact) mass is 382 g/mol. The normalized spacial score (nSPS) is 10.3. The minimum atomic E-state index is -0.292. The molecule has 0 aliphatic carbocycles. The summed E-state index contributed by atoms with van der Waals surface area (Å²) < 4.78 is 0. The van der Waals surface area contributed by atoms with Gasteiger partial charge >= 0.3 is 6.03 Å². The van der Waals surface area contributed by atoms with Crippen LogP contribution in [0.15, 0.2) is 48.5 Å². The highest BCUT2D eigenvalue weighted by atomic mass is 16.2. The molecule has 2 rings (SSSR count). The van der Waals surface area contributed by atoms with E-state index in [1.54, 1.807) is 55.4 Å². The maximum absolute atomic E-state index is 12.4. The van der Waals surface area contributed by atoms with E-state index in [0.29, 0.717) is 23.4 Å². The highest BCUT2D eigenvalue weighted by Crippen LogP contribution is 2.14. The van der Waals surface area contributed by atoms with Gasteiger partial charge in [-0.3, -0.25) is 9.59 Å². The van der Waals surface area contributed by atoms with Gasteiger partial charge in [-0.1, -0.05) is 12.1 Å². The van der Waals surface area contributed by atoms with Crippen molar-refractivity contribution in [2.45, 2.75) is 26.3 Å². The molecule has 0 aliphatic rings. The molecule has 0 saturated heterocycles. The number of hydrogen-bond donors (Lipinski definition) is 3. The maximum atomic E-state index is 12.4. The molecular formula is C21H26N4O3. The summed E-state index contributed by atoms with van der Waals surface area (Å²) in [5, 5.41) is 8.25. The fraction of sp³-hybridized carbons (Fsp3) is 0.286. The Kier molecular flexibility index (Phi) is 7.14. The standard InChI is InChI=1S/C21H26N4O3/c1-14(2)22-21(28)24-18-11-7-16(8-12-18)20(27)23-17-9-5-15(6-10-17)13-19(26)25(3)4/h5-12,14H,13H2,1-4H3,(H,23,27)(H2,22,24,28). The molecule has 0 radical (unpaired) electrons. The van der Waals surface area contributed by atoms with E-state index in [2.05, 4.69) is 16.0 Å². The quantitative estimate of drug-likeness (QED) is 0.717. The lowest BCUT2D eigenvalue weighted by Gasteiger charge is -2.11. The van der Waals surface area contributed by atoms with E-state index in [0.717, 1.165) is 5.56 Å². The molecule has 28 heavy (non-hydrogen) atoms. The minimum absolute atomic E-state index is 0.0209. The van der Waals surface area contributed by atoms with E-state index < -0.39 is 0 Å². The SMILES string of the molecule is CC(C)NC(=O)Nc1ccc(C(=O)Nc2ccc(CC(=O)N(C)C)cc2)cc1. The van der Waals surface area contributed by atoms with E-state index in [9.17, 15) is 14.4 Å². The van der Waals surface area contributed by atoms with Crippen molar-refractivity contribution in [3.63, 3.8) is 0 Å². The van der Waals surface area contributed by atoms with Gasteiger partial charge < -0.3 is 20.9 Å². The largest absolute Gasteiger partial charge is 0.349 e. The first-order chi connectivity index (χ1) is 13.2. The Morgan fingerprint density at radius 3 is 1.93 bits per heavy atom. The highest BCUT2D eigenvalue weighted by molar-refractivity contribution is 6.04. The van der Waals surface area contributed by atoms with Gasteiger partial charge in [0.15, 0.2) is 0 Å². The topological polar surface area (TPSA) is 90.5 Å². The number of amides is 4. The molecule has 7 heteroatoms. The summed E-state index contributed by atoms with van der Waals surface area (Å²) >= 11 is 0. The lowest BCUT2D eigenvalue weighted by Crippen LogP contribution is -2.34. The summed E-state index contributed by atoms with van der Waals surface area (Å²) in [5.74, 6) is -0.233.